The normalized spacial score (nSPS) is 25.5. The van der Waals surface area contributed by atoms with Crippen molar-refractivity contribution in [3.8, 4) is 0 Å². The van der Waals surface area contributed by atoms with Gasteiger partial charge in [-0.1, -0.05) is 19.8 Å². The predicted molar refractivity (Wildman–Crippen MR) is 125 cm³/mol. The number of anilines is 1. The van der Waals surface area contributed by atoms with Gasteiger partial charge in [0.05, 0.1) is 18.4 Å². The standard InChI is InChI=1S/C24H34N6O3/c1-2-15-10-19(23(33)29-16-4-3-6-24(11-16)7-8-24)30(14-15)20(31)13-28-18-12-27-9-5-17(18)21(25)22(26)32/h5,9,12,15-16,19,25,28H,2-4,6-8,10-11,13-14H2,1H3,(H2,26,32)(H,29,33). The number of rotatable bonds is 8. The maximum atomic E-state index is 13.2. The Hall–Kier alpha value is -2.97. The lowest BCUT2D eigenvalue weighted by molar-refractivity contribution is -0.137. The van der Waals surface area contributed by atoms with Crippen LogP contribution in [0.1, 0.15) is 63.9 Å². The van der Waals surface area contributed by atoms with Crippen molar-refractivity contribution in [3.63, 3.8) is 0 Å². The van der Waals surface area contributed by atoms with Crippen molar-refractivity contribution >= 4 is 29.1 Å². The van der Waals surface area contributed by atoms with Crippen LogP contribution in [0.15, 0.2) is 18.5 Å². The van der Waals surface area contributed by atoms with E-state index in [4.69, 9.17) is 11.1 Å². The molecule has 33 heavy (non-hydrogen) atoms. The zero-order valence-electron chi connectivity index (χ0n) is 19.2. The number of primary amides is 1. The summed E-state index contributed by atoms with van der Waals surface area (Å²) in [6.07, 6.45) is 11.6. The fourth-order valence-electron chi connectivity index (χ4n) is 5.40. The second-order valence-electron chi connectivity index (χ2n) is 9.89. The lowest BCUT2D eigenvalue weighted by Crippen LogP contribution is -2.50. The van der Waals surface area contributed by atoms with Gasteiger partial charge in [0.15, 0.2) is 0 Å². The summed E-state index contributed by atoms with van der Waals surface area (Å²) in [4.78, 5) is 43.5. The van der Waals surface area contributed by atoms with Crippen LogP contribution in [0.3, 0.4) is 0 Å². The molecule has 178 valence electrons. The Balaban J connectivity index is 1.40. The van der Waals surface area contributed by atoms with Gasteiger partial charge in [0.2, 0.25) is 11.8 Å². The third kappa shape index (κ3) is 5.17. The molecule has 1 aliphatic heterocycles. The average molecular weight is 455 g/mol. The number of carbonyl (C=O) groups excluding carboxylic acids is 3. The number of carbonyl (C=O) groups is 3. The van der Waals surface area contributed by atoms with Gasteiger partial charge in [-0.15, -0.1) is 0 Å². The van der Waals surface area contributed by atoms with E-state index in [1.165, 1.54) is 37.7 Å². The van der Waals surface area contributed by atoms with Crippen LogP contribution >= 0.6 is 0 Å². The molecule has 5 N–H and O–H groups in total. The first-order valence-corrected chi connectivity index (χ1v) is 12.0. The van der Waals surface area contributed by atoms with Crippen LogP contribution in [-0.2, 0) is 14.4 Å². The SMILES string of the molecule is CCC1CC(C(=O)NC2CCCC3(CC3)C2)N(C(=O)CNc2cnccc2C(=N)C(N)=O)C1. The van der Waals surface area contributed by atoms with Crippen molar-refractivity contribution in [1.29, 1.82) is 5.41 Å². The quantitative estimate of drug-likeness (QED) is 0.443. The number of hydrogen-bond donors (Lipinski definition) is 4. The summed E-state index contributed by atoms with van der Waals surface area (Å²) in [5.74, 6) is -0.787. The van der Waals surface area contributed by atoms with Crippen molar-refractivity contribution in [3.05, 3.63) is 24.0 Å². The highest BCUT2D eigenvalue weighted by molar-refractivity contribution is 6.44. The molecule has 3 fully saturated rings. The highest BCUT2D eigenvalue weighted by Crippen LogP contribution is 2.56. The smallest absolute Gasteiger partial charge is 0.267 e. The van der Waals surface area contributed by atoms with E-state index in [0.717, 1.165) is 25.7 Å². The molecule has 2 heterocycles. The molecule has 3 amide bonds. The first-order valence-electron chi connectivity index (χ1n) is 12.0. The van der Waals surface area contributed by atoms with Gasteiger partial charge in [0.1, 0.15) is 11.8 Å². The Labute approximate surface area is 194 Å². The predicted octanol–water partition coefficient (Wildman–Crippen LogP) is 1.81. The van der Waals surface area contributed by atoms with Crippen LogP contribution in [0.4, 0.5) is 5.69 Å². The van der Waals surface area contributed by atoms with Crippen molar-refractivity contribution in [2.75, 3.05) is 18.4 Å². The molecule has 9 nitrogen and oxygen atoms in total. The van der Waals surface area contributed by atoms with Gasteiger partial charge in [-0.05, 0) is 55.9 Å². The van der Waals surface area contributed by atoms with Crippen LogP contribution in [0.25, 0.3) is 0 Å². The Morgan fingerprint density at radius 1 is 1.30 bits per heavy atom. The first-order chi connectivity index (χ1) is 15.8. The fourth-order valence-corrected chi connectivity index (χ4v) is 5.40. The van der Waals surface area contributed by atoms with Gasteiger partial charge >= 0.3 is 0 Å². The first kappa shape index (κ1) is 23.2. The molecule has 3 atom stereocenters. The number of aromatic nitrogens is 1. The Morgan fingerprint density at radius 2 is 2.09 bits per heavy atom. The van der Waals surface area contributed by atoms with Crippen LogP contribution in [0.5, 0.6) is 0 Å². The third-order valence-electron chi connectivity index (χ3n) is 7.60. The van der Waals surface area contributed by atoms with Gasteiger partial charge in [-0.2, -0.15) is 0 Å². The third-order valence-corrected chi connectivity index (χ3v) is 7.60. The molecule has 1 aromatic heterocycles. The van der Waals surface area contributed by atoms with E-state index in [0.29, 0.717) is 35.5 Å². The molecule has 3 aliphatic rings. The van der Waals surface area contributed by atoms with E-state index in [9.17, 15) is 14.4 Å². The summed E-state index contributed by atoms with van der Waals surface area (Å²) < 4.78 is 0. The topological polar surface area (TPSA) is 141 Å². The zero-order valence-corrected chi connectivity index (χ0v) is 19.2. The molecule has 1 saturated heterocycles. The number of nitrogens with two attached hydrogens (primary N) is 1. The van der Waals surface area contributed by atoms with E-state index in [2.05, 4.69) is 22.5 Å². The summed E-state index contributed by atoms with van der Waals surface area (Å²) in [5, 5.41) is 14.1. The minimum Gasteiger partial charge on any atom is -0.374 e. The maximum absolute atomic E-state index is 13.2. The van der Waals surface area contributed by atoms with Crippen LogP contribution < -0.4 is 16.4 Å². The molecule has 3 unspecified atom stereocenters. The van der Waals surface area contributed by atoms with Crippen LogP contribution in [0.2, 0.25) is 0 Å². The molecule has 1 aromatic rings. The van der Waals surface area contributed by atoms with Gasteiger partial charge in [-0.25, -0.2) is 0 Å². The molecule has 9 heteroatoms. The zero-order chi connectivity index (χ0) is 23.6. The summed E-state index contributed by atoms with van der Waals surface area (Å²) in [5.41, 5.74) is 6.04. The monoisotopic (exact) mass is 454 g/mol. The minimum atomic E-state index is -0.853. The molecular weight excluding hydrogens is 420 g/mol. The number of amides is 3. The summed E-state index contributed by atoms with van der Waals surface area (Å²) in [7, 11) is 0. The van der Waals surface area contributed by atoms with Crippen molar-refractivity contribution in [1.82, 2.24) is 15.2 Å². The minimum absolute atomic E-state index is 0.0421. The number of pyridine rings is 1. The number of nitrogens with one attached hydrogen (secondary N) is 3. The Morgan fingerprint density at radius 3 is 2.79 bits per heavy atom. The largest absolute Gasteiger partial charge is 0.374 e. The molecule has 0 radical (unpaired) electrons. The second kappa shape index (κ2) is 9.49. The molecule has 4 rings (SSSR count). The molecule has 1 spiro atoms. The van der Waals surface area contributed by atoms with Gasteiger partial charge < -0.3 is 21.3 Å². The van der Waals surface area contributed by atoms with Crippen molar-refractivity contribution in [2.45, 2.75) is 70.4 Å². The number of likely N-dealkylation sites (tertiary alicyclic amines) is 1. The molecule has 0 aromatic carbocycles. The van der Waals surface area contributed by atoms with E-state index in [-0.39, 0.29) is 30.1 Å². The van der Waals surface area contributed by atoms with Gasteiger partial charge in [-0.3, -0.25) is 24.8 Å². The van der Waals surface area contributed by atoms with Crippen molar-refractivity contribution in [2.24, 2.45) is 17.1 Å². The lowest BCUT2D eigenvalue weighted by Gasteiger charge is -2.32. The average Bonchev–Trinajstić information content (AvgIpc) is 3.39. The highest BCUT2D eigenvalue weighted by Gasteiger charge is 2.47. The summed E-state index contributed by atoms with van der Waals surface area (Å²) >= 11 is 0. The molecule has 0 bridgehead atoms. The second-order valence-corrected chi connectivity index (χ2v) is 9.89. The molecule has 2 aliphatic carbocycles. The highest BCUT2D eigenvalue weighted by atomic mass is 16.2. The molecule has 2 saturated carbocycles. The van der Waals surface area contributed by atoms with Crippen molar-refractivity contribution < 1.29 is 14.4 Å². The maximum Gasteiger partial charge on any atom is 0.267 e. The Bertz CT molecular complexity index is 944. The van der Waals surface area contributed by atoms with Crippen LogP contribution in [-0.4, -0.2) is 58.5 Å². The van der Waals surface area contributed by atoms with E-state index in [1.807, 2.05) is 0 Å². The summed E-state index contributed by atoms with van der Waals surface area (Å²) in [6, 6.07) is 1.26. The fraction of sp³-hybridized carbons (Fsp3) is 0.625. The number of nitrogens with zero attached hydrogens (tertiary/aromatic N) is 2. The van der Waals surface area contributed by atoms with Gasteiger partial charge in [0, 0.05) is 24.3 Å². The number of hydrogen-bond acceptors (Lipinski definition) is 6. The summed E-state index contributed by atoms with van der Waals surface area (Å²) in [6.45, 7) is 2.58. The van der Waals surface area contributed by atoms with Crippen LogP contribution in [0, 0.1) is 16.7 Å². The molecular formula is C24H34N6O3. The Kier molecular flexibility index (Phi) is 6.67. The lowest BCUT2D eigenvalue weighted by atomic mass is 9.83. The van der Waals surface area contributed by atoms with E-state index in [1.54, 1.807) is 4.90 Å². The van der Waals surface area contributed by atoms with E-state index < -0.39 is 11.9 Å². The van der Waals surface area contributed by atoms with Gasteiger partial charge in [0.25, 0.3) is 5.91 Å². The van der Waals surface area contributed by atoms with E-state index >= 15 is 0 Å².